The van der Waals surface area contributed by atoms with Crippen molar-refractivity contribution in [1.82, 2.24) is 4.98 Å². The van der Waals surface area contributed by atoms with Crippen LogP contribution in [0.3, 0.4) is 0 Å². The maximum Gasteiger partial charge on any atom is 0.356 e. The molecule has 3 aromatic rings. The number of halogens is 2. The van der Waals surface area contributed by atoms with Crippen molar-refractivity contribution in [3.05, 3.63) is 69.3 Å². The molecule has 0 spiro atoms. The molecule has 2 aromatic carbocycles. The highest BCUT2D eigenvalue weighted by atomic mass is 79.9. The van der Waals surface area contributed by atoms with Crippen LogP contribution in [0.25, 0.3) is 10.9 Å². The van der Waals surface area contributed by atoms with Gasteiger partial charge in [-0.15, -0.1) is 0 Å². The van der Waals surface area contributed by atoms with Crippen LogP contribution in [-0.4, -0.2) is 23.3 Å². The molecule has 0 saturated carbocycles. The van der Waals surface area contributed by atoms with E-state index in [0.717, 1.165) is 10.9 Å². The predicted octanol–water partition coefficient (Wildman–Crippen LogP) is 4.62. The lowest BCUT2D eigenvalue weighted by atomic mass is 10.1. The second kappa shape index (κ2) is 6.56. The SMILES string of the molecule is O=C(COC(=O)c1[nH]c2ccccc2c1Br)c1ccc(Cl)cc1. The van der Waals surface area contributed by atoms with Crippen molar-refractivity contribution in [1.29, 1.82) is 0 Å². The Balaban J connectivity index is 1.72. The Morgan fingerprint density at radius 1 is 1.09 bits per heavy atom. The summed E-state index contributed by atoms with van der Waals surface area (Å²) < 4.78 is 5.72. The molecule has 1 heterocycles. The number of esters is 1. The van der Waals surface area contributed by atoms with Crippen LogP contribution in [0.5, 0.6) is 0 Å². The van der Waals surface area contributed by atoms with Crippen LogP contribution in [0, 0.1) is 0 Å². The summed E-state index contributed by atoms with van der Waals surface area (Å²) in [5.74, 6) is -0.877. The standard InChI is InChI=1S/C17H11BrClNO3/c18-15-12-3-1-2-4-13(12)20-16(15)17(22)23-9-14(21)10-5-7-11(19)8-6-10/h1-8,20H,9H2. The Labute approximate surface area is 145 Å². The quantitative estimate of drug-likeness (QED) is 0.520. The summed E-state index contributed by atoms with van der Waals surface area (Å²) in [4.78, 5) is 27.2. The molecule has 6 heteroatoms. The first kappa shape index (κ1) is 15.8. The molecule has 0 saturated heterocycles. The Morgan fingerprint density at radius 2 is 1.78 bits per heavy atom. The van der Waals surface area contributed by atoms with Gasteiger partial charge in [-0.2, -0.15) is 0 Å². The molecule has 116 valence electrons. The van der Waals surface area contributed by atoms with E-state index in [1.165, 1.54) is 0 Å². The van der Waals surface area contributed by atoms with Gasteiger partial charge in [-0.1, -0.05) is 29.8 Å². The maximum absolute atomic E-state index is 12.2. The van der Waals surface area contributed by atoms with E-state index in [2.05, 4.69) is 20.9 Å². The number of ketones is 1. The lowest BCUT2D eigenvalue weighted by molar-refractivity contribution is 0.0469. The Bertz CT molecular complexity index is 886. The lowest BCUT2D eigenvalue weighted by Crippen LogP contribution is -2.14. The number of aromatic nitrogens is 1. The highest BCUT2D eigenvalue weighted by Crippen LogP contribution is 2.28. The summed E-state index contributed by atoms with van der Waals surface area (Å²) in [6, 6.07) is 13.9. The summed E-state index contributed by atoms with van der Waals surface area (Å²) in [6.45, 7) is -0.331. The molecule has 0 fully saturated rings. The minimum atomic E-state index is -0.588. The minimum absolute atomic E-state index is 0.287. The maximum atomic E-state index is 12.2. The zero-order valence-electron chi connectivity index (χ0n) is 11.8. The van der Waals surface area contributed by atoms with Gasteiger partial charge in [0.15, 0.2) is 12.4 Å². The molecule has 0 radical (unpaired) electrons. The Kier molecular flexibility index (Phi) is 4.50. The number of carbonyl (C=O) groups excluding carboxylic acids is 2. The monoisotopic (exact) mass is 391 g/mol. The number of ether oxygens (including phenoxy) is 1. The summed E-state index contributed by atoms with van der Waals surface area (Å²) in [5, 5.41) is 1.42. The molecule has 1 N–H and O–H groups in total. The van der Waals surface area contributed by atoms with E-state index in [4.69, 9.17) is 16.3 Å². The van der Waals surface area contributed by atoms with Crippen LogP contribution >= 0.6 is 27.5 Å². The number of Topliss-reactive ketones (excluding diaryl/α,β-unsaturated/α-hetero) is 1. The third-order valence-corrected chi connectivity index (χ3v) is 4.42. The smallest absolute Gasteiger partial charge is 0.356 e. The van der Waals surface area contributed by atoms with E-state index in [-0.39, 0.29) is 18.1 Å². The normalized spacial score (nSPS) is 10.7. The van der Waals surface area contributed by atoms with Crippen LogP contribution in [0.4, 0.5) is 0 Å². The van der Waals surface area contributed by atoms with Crippen molar-refractivity contribution in [2.24, 2.45) is 0 Å². The number of carbonyl (C=O) groups is 2. The second-order valence-electron chi connectivity index (χ2n) is 4.87. The van der Waals surface area contributed by atoms with Crippen LogP contribution in [0.1, 0.15) is 20.8 Å². The van der Waals surface area contributed by atoms with E-state index in [1.807, 2.05) is 24.3 Å². The van der Waals surface area contributed by atoms with Crippen molar-refractivity contribution < 1.29 is 14.3 Å². The van der Waals surface area contributed by atoms with Gasteiger partial charge in [0.2, 0.25) is 0 Å². The molecule has 0 bridgehead atoms. The highest BCUT2D eigenvalue weighted by Gasteiger charge is 2.18. The third kappa shape index (κ3) is 3.30. The van der Waals surface area contributed by atoms with Crippen LogP contribution < -0.4 is 0 Å². The van der Waals surface area contributed by atoms with E-state index < -0.39 is 5.97 Å². The summed E-state index contributed by atoms with van der Waals surface area (Å²) >= 11 is 9.15. The number of hydrogen-bond donors (Lipinski definition) is 1. The number of H-pyrrole nitrogens is 1. The van der Waals surface area contributed by atoms with Gasteiger partial charge < -0.3 is 9.72 Å². The number of fused-ring (bicyclic) bond motifs is 1. The number of nitrogens with one attached hydrogen (secondary N) is 1. The van der Waals surface area contributed by atoms with Crippen molar-refractivity contribution in [2.75, 3.05) is 6.61 Å². The number of rotatable bonds is 4. The first-order valence-corrected chi connectivity index (χ1v) is 7.95. The van der Waals surface area contributed by atoms with Gasteiger partial charge in [-0.25, -0.2) is 4.79 Å². The fourth-order valence-electron chi connectivity index (χ4n) is 2.17. The molecule has 4 nitrogen and oxygen atoms in total. The summed E-state index contributed by atoms with van der Waals surface area (Å²) in [5.41, 5.74) is 1.54. The zero-order valence-corrected chi connectivity index (χ0v) is 14.1. The van der Waals surface area contributed by atoms with E-state index in [0.29, 0.717) is 15.1 Å². The van der Waals surface area contributed by atoms with Crippen molar-refractivity contribution in [3.8, 4) is 0 Å². The molecule has 3 rings (SSSR count). The highest BCUT2D eigenvalue weighted by molar-refractivity contribution is 9.10. The number of benzene rings is 2. The van der Waals surface area contributed by atoms with Gasteiger partial charge in [0.05, 0.1) is 4.47 Å². The third-order valence-electron chi connectivity index (χ3n) is 3.35. The minimum Gasteiger partial charge on any atom is -0.453 e. The summed E-state index contributed by atoms with van der Waals surface area (Å²) in [7, 11) is 0. The Morgan fingerprint density at radius 3 is 2.48 bits per heavy atom. The predicted molar refractivity (Wildman–Crippen MR) is 92.1 cm³/mol. The van der Waals surface area contributed by atoms with Gasteiger partial charge in [0.1, 0.15) is 5.69 Å². The Hall–Kier alpha value is -2.11. The lowest BCUT2D eigenvalue weighted by Gasteiger charge is -2.04. The average Bonchev–Trinajstić information content (AvgIpc) is 2.90. The molecular weight excluding hydrogens is 382 g/mol. The molecule has 0 aliphatic rings. The second-order valence-corrected chi connectivity index (χ2v) is 6.10. The molecular formula is C17H11BrClNO3. The molecule has 23 heavy (non-hydrogen) atoms. The van der Waals surface area contributed by atoms with Gasteiger partial charge in [-0.3, -0.25) is 4.79 Å². The molecule has 1 aromatic heterocycles. The van der Waals surface area contributed by atoms with E-state index in [9.17, 15) is 9.59 Å². The van der Waals surface area contributed by atoms with Gasteiger partial charge in [0.25, 0.3) is 0 Å². The van der Waals surface area contributed by atoms with Crippen molar-refractivity contribution in [3.63, 3.8) is 0 Å². The first-order valence-electron chi connectivity index (χ1n) is 6.78. The fraction of sp³-hybridized carbons (Fsp3) is 0.0588. The number of hydrogen-bond acceptors (Lipinski definition) is 3. The largest absolute Gasteiger partial charge is 0.453 e. The van der Waals surface area contributed by atoms with Gasteiger partial charge >= 0.3 is 5.97 Å². The topological polar surface area (TPSA) is 59.2 Å². The first-order chi connectivity index (χ1) is 11.1. The van der Waals surface area contributed by atoms with E-state index >= 15 is 0 Å². The molecule has 0 amide bonds. The van der Waals surface area contributed by atoms with Gasteiger partial charge in [0, 0.05) is 21.5 Å². The summed E-state index contributed by atoms with van der Waals surface area (Å²) in [6.07, 6.45) is 0. The van der Waals surface area contributed by atoms with Crippen LogP contribution in [0.2, 0.25) is 5.02 Å². The van der Waals surface area contributed by atoms with Crippen molar-refractivity contribution >= 4 is 50.2 Å². The van der Waals surface area contributed by atoms with Gasteiger partial charge in [-0.05, 0) is 46.3 Å². The molecule has 0 aliphatic carbocycles. The molecule has 0 aliphatic heterocycles. The number of para-hydroxylation sites is 1. The average molecular weight is 393 g/mol. The fourth-order valence-corrected chi connectivity index (χ4v) is 2.90. The van der Waals surface area contributed by atoms with Crippen LogP contribution in [-0.2, 0) is 4.74 Å². The molecule has 0 atom stereocenters. The number of aromatic amines is 1. The van der Waals surface area contributed by atoms with Crippen molar-refractivity contribution in [2.45, 2.75) is 0 Å². The zero-order chi connectivity index (χ0) is 16.4. The molecule has 0 unspecified atom stereocenters. The van der Waals surface area contributed by atoms with E-state index in [1.54, 1.807) is 24.3 Å². The van der Waals surface area contributed by atoms with Crippen LogP contribution in [0.15, 0.2) is 53.0 Å².